The predicted octanol–water partition coefficient (Wildman–Crippen LogP) is 1.93. The van der Waals surface area contributed by atoms with Gasteiger partial charge in [0.2, 0.25) is 0 Å². The molecule has 0 aromatic carbocycles. The molecule has 2 aromatic rings. The molecule has 0 amide bonds. The molecule has 0 bridgehead atoms. The van der Waals surface area contributed by atoms with Crippen molar-refractivity contribution in [1.29, 1.82) is 0 Å². The summed E-state index contributed by atoms with van der Waals surface area (Å²) in [6.07, 6.45) is 6.36. The molecule has 3 rings (SSSR count). The highest BCUT2D eigenvalue weighted by Gasteiger charge is 2.14. The van der Waals surface area contributed by atoms with Crippen LogP contribution in [0.5, 0.6) is 0 Å². The van der Waals surface area contributed by atoms with Gasteiger partial charge in [0, 0.05) is 17.8 Å². The molecule has 0 saturated carbocycles. The van der Waals surface area contributed by atoms with Gasteiger partial charge in [-0.2, -0.15) is 0 Å². The van der Waals surface area contributed by atoms with Crippen molar-refractivity contribution in [3.63, 3.8) is 0 Å². The largest absolute Gasteiger partial charge is 0.365 e. The first kappa shape index (κ1) is 14.3. The first-order valence-electron chi connectivity index (χ1n) is 7.37. The van der Waals surface area contributed by atoms with Crippen molar-refractivity contribution < 1.29 is 0 Å². The van der Waals surface area contributed by atoms with Crippen LogP contribution in [0.4, 0.5) is 5.82 Å². The summed E-state index contributed by atoms with van der Waals surface area (Å²) in [7, 11) is 0. The molecule has 112 valence electrons. The lowest BCUT2D eigenvalue weighted by atomic mass is 10.1. The smallest absolute Gasteiger partial charge is 0.129 e. The fourth-order valence-electron chi connectivity index (χ4n) is 2.54. The molecule has 3 heterocycles. The Hall–Kier alpha value is -1.60. The summed E-state index contributed by atoms with van der Waals surface area (Å²) in [5.41, 5.74) is 2.08. The van der Waals surface area contributed by atoms with Crippen LogP contribution in [0.1, 0.15) is 35.5 Å². The van der Waals surface area contributed by atoms with Gasteiger partial charge in [-0.3, -0.25) is 0 Å². The molecule has 0 aliphatic carbocycles. The second-order valence-corrected chi connectivity index (χ2v) is 6.20. The number of anilines is 1. The van der Waals surface area contributed by atoms with E-state index in [-0.39, 0.29) is 0 Å². The highest BCUT2D eigenvalue weighted by Crippen LogP contribution is 2.15. The van der Waals surface area contributed by atoms with Crippen molar-refractivity contribution in [2.75, 3.05) is 11.9 Å². The highest BCUT2D eigenvalue weighted by atomic mass is 32.1. The van der Waals surface area contributed by atoms with Gasteiger partial charge in [0.05, 0.1) is 17.1 Å². The first-order valence-corrected chi connectivity index (χ1v) is 8.14. The summed E-state index contributed by atoms with van der Waals surface area (Å²) in [6.45, 7) is 3.84. The predicted molar refractivity (Wildman–Crippen MR) is 83.4 cm³/mol. The maximum Gasteiger partial charge on any atom is 0.129 e. The monoisotopic (exact) mass is 304 g/mol. The Morgan fingerprint density at radius 1 is 1.43 bits per heavy atom. The third-order valence-corrected chi connectivity index (χ3v) is 4.63. The Bertz CT molecular complexity index is 578. The van der Waals surface area contributed by atoms with E-state index in [2.05, 4.69) is 30.2 Å². The summed E-state index contributed by atoms with van der Waals surface area (Å²) >= 11 is 1.42. The Labute approximate surface area is 128 Å². The number of nitrogens with one attached hydrogen (secondary N) is 2. The molecular weight excluding hydrogens is 284 g/mol. The van der Waals surface area contributed by atoms with Gasteiger partial charge < -0.3 is 10.6 Å². The lowest BCUT2D eigenvalue weighted by Gasteiger charge is -2.10. The fourth-order valence-corrected chi connectivity index (χ4v) is 3.11. The number of hydrogen-bond acceptors (Lipinski definition) is 7. The van der Waals surface area contributed by atoms with Gasteiger partial charge in [0.25, 0.3) is 0 Å². The van der Waals surface area contributed by atoms with Crippen LogP contribution in [0.15, 0.2) is 12.4 Å². The minimum Gasteiger partial charge on any atom is -0.365 e. The van der Waals surface area contributed by atoms with E-state index in [1.807, 2.05) is 13.0 Å². The van der Waals surface area contributed by atoms with E-state index >= 15 is 0 Å². The van der Waals surface area contributed by atoms with Crippen LogP contribution in [0.2, 0.25) is 0 Å². The van der Waals surface area contributed by atoms with E-state index in [0.29, 0.717) is 12.6 Å². The van der Waals surface area contributed by atoms with Gasteiger partial charge in [-0.05, 0) is 50.7 Å². The minimum atomic E-state index is 0.655. The summed E-state index contributed by atoms with van der Waals surface area (Å²) in [6, 6.07) is 2.70. The van der Waals surface area contributed by atoms with E-state index < -0.39 is 0 Å². The second kappa shape index (κ2) is 6.91. The van der Waals surface area contributed by atoms with Gasteiger partial charge in [0.15, 0.2) is 0 Å². The van der Waals surface area contributed by atoms with Crippen molar-refractivity contribution in [3.8, 4) is 0 Å². The van der Waals surface area contributed by atoms with Gasteiger partial charge in [-0.1, -0.05) is 4.49 Å². The number of rotatable bonds is 6. The minimum absolute atomic E-state index is 0.655. The van der Waals surface area contributed by atoms with Crippen LogP contribution in [0, 0.1) is 6.92 Å². The molecule has 1 aliphatic rings. The number of nitrogens with zero attached hydrogens (tertiary/aromatic N) is 4. The molecule has 6 nitrogen and oxygen atoms in total. The number of aryl methyl sites for hydroxylation is 2. The van der Waals surface area contributed by atoms with Crippen molar-refractivity contribution >= 4 is 17.4 Å². The van der Waals surface area contributed by atoms with E-state index in [1.165, 1.54) is 24.4 Å². The molecule has 7 heteroatoms. The normalized spacial score (nSPS) is 18.0. The molecule has 21 heavy (non-hydrogen) atoms. The lowest BCUT2D eigenvalue weighted by molar-refractivity contribution is 0.555. The molecule has 1 unspecified atom stereocenters. The van der Waals surface area contributed by atoms with Gasteiger partial charge in [-0.15, -0.1) is 5.10 Å². The standard InChI is InChI=1S/C14H20N6S/c1-10-13(21-20-19-10)8-16-14-7-12(17-9-18-14)5-4-11-3-2-6-15-11/h7,9,11,15H,2-6,8H2,1H3,(H,16,17,18). The van der Waals surface area contributed by atoms with Crippen LogP contribution in [-0.4, -0.2) is 32.1 Å². The van der Waals surface area contributed by atoms with Crippen molar-refractivity contribution in [1.82, 2.24) is 24.9 Å². The fraction of sp³-hybridized carbons (Fsp3) is 0.571. The van der Waals surface area contributed by atoms with Gasteiger partial charge in [-0.25, -0.2) is 9.97 Å². The molecule has 2 aromatic heterocycles. The third-order valence-electron chi connectivity index (χ3n) is 3.81. The van der Waals surface area contributed by atoms with E-state index in [0.717, 1.165) is 41.5 Å². The summed E-state index contributed by atoms with van der Waals surface area (Å²) in [5.74, 6) is 0.868. The summed E-state index contributed by atoms with van der Waals surface area (Å²) < 4.78 is 3.94. The first-order chi connectivity index (χ1) is 10.3. The summed E-state index contributed by atoms with van der Waals surface area (Å²) in [4.78, 5) is 9.78. The van der Waals surface area contributed by atoms with Crippen LogP contribution < -0.4 is 10.6 Å². The van der Waals surface area contributed by atoms with Crippen molar-refractivity contribution in [2.45, 2.75) is 45.2 Å². The van der Waals surface area contributed by atoms with Crippen molar-refractivity contribution in [2.24, 2.45) is 0 Å². The molecule has 0 radical (unpaired) electrons. The van der Waals surface area contributed by atoms with Crippen LogP contribution in [0.25, 0.3) is 0 Å². The van der Waals surface area contributed by atoms with Crippen molar-refractivity contribution in [3.05, 3.63) is 28.7 Å². The zero-order chi connectivity index (χ0) is 14.5. The molecule has 1 atom stereocenters. The van der Waals surface area contributed by atoms with E-state index in [4.69, 9.17) is 0 Å². The Balaban J connectivity index is 1.54. The van der Waals surface area contributed by atoms with Crippen LogP contribution in [-0.2, 0) is 13.0 Å². The Morgan fingerprint density at radius 3 is 3.14 bits per heavy atom. The number of aromatic nitrogens is 4. The zero-order valence-corrected chi connectivity index (χ0v) is 13.0. The highest BCUT2D eigenvalue weighted by molar-refractivity contribution is 7.05. The molecule has 1 saturated heterocycles. The van der Waals surface area contributed by atoms with E-state index in [1.54, 1.807) is 6.33 Å². The zero-order valence-electron chi connectivity index (χ0n) is 12.2. The molecule has 1 fully saturated rings. The molecule has 1 aliphatic heterocycles. The second-order valence-electron chi connectivity index (χ2n) is 5.36. The molecule has 2 N–H and O–H groups in total. The average Bonchev–Trinajstić information content (AvgIpc) is 3.15. The maximum atomic E-state index is 4.36. The quantitative estimate of drug-likeness (QED) is 0.849. The lowest BCUT2D eigenvalue weighted by Crippen LogP contribution is -2.21. The topological polar surface area (TPSA) is 75.6 Å². The Morgan fingerprint density at radius 2 is 2.38 bits per heavy atom. The maximum absolute atomic E-state index is 4.36. The van der Waals surface area contributed by atoms with Gasteiger partial charge >= 0.3 is 0 Å². The van der Waals surface area contributed by atoms with Crippen LogP contribution >= 0.6 is 11.5 Å². The summed E-state index contributed by atoms with van der Waals surface area (Å²) in [5, 5.41) is 10.8. The number of hydrogen-bond donors (Lipinski definition) is 2. The molecular formula is C14H20N6S. The third kappa shape index (κ3) is 3.95. The van der Waals surface area contributed by atoms with Gasteiger partial charge in [0.1, 0.15) is 12.1 Å². The average molecular weight is 304 g/mol. The SMILES string of the molecule is Cc1nnsc1CNc1cc(CCC2CCCN2)ncn1. The molecule has 0 spiro atoms. The Kier molecular flexibility index (Phi) is 4.72. The van der Waals surface area contributed by atoms with Crippen LogP contribution in [0.3, 0.4) is 0 Å². The van der Waals surface area contributed by atoms with E-state index in [9.17, 15) is 0 Å².